The maximum Gasteiger partial charge on any atom is 0.259 e. The molecule has 55 heavy (non-hydrogen) atoms. The number of nitrogens with zero attached hydrogens (tertiary/aromatic N) is 3. The summed E-state index contributed by atoms with van der Waals surface area (Å²) < 4.78 is 27.9. The Morgan fingerprint density at radius 3 is 2.36 bits per heavy atom. The Hall–Kier alpha value is -5.37. The molecule has 3 fully saturated rings. The van der Waals surface area contributed by atoms with Crippen LogP contribution in [0.15, 0.2) is 90.4 Å². The highest BCUT2D eigenvalue weighted by atomic mass is 32.2. The van der Waals surface area contributed by atoms with Gasteiger partial charge in [-0.3, -0.25) is 28.9 Å². The molecule has 0 spiro atoms. The van der Waals surface area contributed by atoms with Crippen LogP contribution >= 0.6 is 0 Å². The van der Waals surface area contributed by atoms with E-state index in [-0.39, 0.29) is 31.7 Å². The number of nitrogens with one attached hydrogen (secondary N) is 3. The molecule has 8 rings (SSSR count). The Morgan fingerprint density at radius 1 is 0.945 bits per heavy atom. The first kappa shape index (κ1) is 36.6. The molecule has 3 heterocycles. The number of fused-ring (bicyclic) bond motifs is 5. The molecule has 0 radical (unpaired) electrons. The smallest absolute Gasteiger partial charge is 0.259 e. The maximum atomic E-state index is 14.6. The zero-order valence-electron chi connectivity index (χ0n) is 30.4. The lowest BCUT2D eigenvalue weighted by Gasteiger charge is -2.30. The summed E-state index contributed by atoms with van der Waals surface area (Å²) >= 11 is 0. The van der Waals surface area contributed by atoms with Crippen molar-refractivity contribution in [2.45, 2.75) is 93.2 Å². The molecular weight excluding hydrogens is 721 g/mol. The zero-order chi connectivity index (χ0) is 38.2. The van der Waals surface area contributed by atoms with Crippen LogP contribution in [0.1, 0.15) is 74.5 Å². The Kier molecular flexibility index (Phi) is 10.0. The molecule has 2 saturated carbocycles. The quantitative estimate of drug-likeness (QED) is 0.180. The molecule has 14 heteroatoms. The molecule has 0 bridgehead atoms. The standard InChI is InChI=1S/C41H44N6O7S/c48-36(21-26-11-10-20-42-24-26)43-34-17-5-3-1-2-4-12-27-23-41(27,40(51)46-55(52,53)29-18-19-29)44-38(49)35-22-28(25-47(35)39(34)50)54-45-37-32-15-8-6-13-30(32)31-14-7-9-16-33(31)37/h4,6-16,20,24,27-29,34-35H,1-3,5,17-19,21-23,25H2,(H,43,48)(H,44,49)(H,46,51)/b12-4-/t27?,28-,34+,35+,41?/m1/s1. The number of carbonyl (C=O) groups is 4. The third-order valence-corrected chi connectivity index (χ3v) is 13.0. The van der Waals surface area contributed by atoms with E-state index < -0.39 is 62.6 Å². The summed E-state index contributed by atoms with van der Waals surface area (Å²) in [6.07, 6.45) is 11.0. The highest BCUT2D eigenvalue weighted by molar-refractivity contribution is 7.91. The van der Waals surface area contributed by atoms with Crippen molar-refractivity contribution >= 4 is 39.4 Å². The van der Waals surface area contributed by atoms with Crippen LogP contribution in [0.25, 0.3) is 11.1 Å². The number of oxime groups is 1. The summed E-state index contributed by atoms with van der Waals surface area (Å²) in [6, 6.07) is 17.3. The topological polar surface area (TPSA) is 176 Å². The largest absolute Gasteiger partial charge is 0.390 e. The van der Waals surface area contributed by atoms with Gasteiger partial charge in [-0.25, -0.2) is 8.42 Å². The summed E-state index contributed by atoms with van der Waals surface area (Å²) in [5.41, 5.74) is 3.72. The first-order valence-electron chi connectivity index (χ1n) is 19.1. The van der Waals surface area contributed by atoms with Crippen molar-refractivity contribution in [1.82, 2.24) is 25.2 Å². The lowest BCUT2D eigenvalue weighted by atomic mass is 10.0. The molecule has 4 amide bonds. The number of aromatic nitrogens is 1. The van der Waals surface area contributed by atoms with Crippen LogP contribution in [0.3, 0.4) is 0 Å². The number of hydrogen-bond donors (Lipinski definition) is 3. The molecule has 2 aliphatic heterocycles. The zero-order valence-corrected chi connectivity index (χ0v) is 31.2. The third-order valence-electron chi connectivity index (χ3n) is 11.2. The van der Waals surface area contributed by atoms with E-state index in [9.17, 15) is 27.6 Å². The number of pyridine rings is 1. The lowest BCUT2D eigenvalue weighted by Crippen LogP contribution is -2.58. The Balaban J connectivity index is 1.08. The molecule has 3 N–H and O–H groups in total. The van der Waals surface area contributed by atoms with Gasteiger partial charge in [0, 0.05) is 35.9 Å². The molecule has 13 nitrogen and oxygen atoms in total. The molecular formula is C41H44N6O7S. The Morgan fingerprint density at radius 2 is 1.67 bits per heavy atom. The van der Waals surface area contributed by atoms with Crippen LogP contribution in [0, 0.1) is 5.92 Å². The van der Waals surface area contributed by atoms with Crippen LogP contribution in [0.5, 0.6) is 0 Å². The molecule has 5 aliphatic rings. The fourth-order valence-corrected chi connectivity index (χ4v) is 9.36. The molecule has 1 aromatic heterocycles. The number of hydrogen-bond acceptors (Lipinski definition) is 9. The normalized spacial score (nSPS) is 26.8. The molecule has 3 aromatic rings. The van der Waals surface area contributed by atoms with Crippen molar-refractivity contribution in [2.75, 3.05) is 6.54 Å². The van der Waals surface area contributed by atoms with Gasteiger partial charge in [-0.05, 0) is 61.3 Å². The second-order valence-electron chi connectivity index (χ2n) is 15.2. The van der Waals surface area contributed by atoms with Crippen LogP contribution in [-0.2, 0) is 40.5 Å². The van der Waals surface area contributed by atoms with E-state index >= 15 is 0 Å². The predicted octanol–water partition coefficient (Wildman–Crippen LogP) is 3.53. The summed E-state index contributed by atoms with van der Waals surface area (Å²) in [6.45, 7) is 0.00452. The lowest BCUT2D eigenvalue weighted by molar-refractivity contribution is -0.142. The SMILES string of the molecule is O=C(Cc1cccnc1)N[C@H]1CCCCC/C=C\C2CC2(C(=O)NS(=O)(=O)C2CC2)NC(=O)[C@@H]2C[C@@H](ON=C3c4ccccc4-c4ccccc43)CN2C1=O. The molecule has 3 aliphatic carbocycles. The second-order valence-corrected chi connectivity index (χ2v) is 17.1. The number of carbonyl (C=O) groups excluding carboxylic acids is 4. The van der Waals surface area contributed by atoms with Crippen LogP contribution < -0.4 is 15.4 Å². The summed E-state index contributed by atoms with van der Waals surface area (Å²) in [5.74, 6) is -2.58. The van der Waals surface area contributed by atoms with Crippen molar-refractivity contribution in [1.29, 1.82) is 0 Å². The first-order chi connectivity index (χ1) is 26.6. The van der Waals surface area contributed by atoms with E-state index in [2.05, 4.69) is 25.5 Å². The summed E-state index contributed by atoms with van der Waals surface area (Å²) in [5, 5.41) is 9.83. The van der Waals surface area contributed by atoms with Gasteiger partial charge in [0.25, 0.3) is 5.91 Å². The molecule has 5 atom stereocenters. The summed E-state index contributed by atoms with van der Waals surface area (Å²) in [4.78, 5) is 67.7. The van der Waals surface area contributed by atoms with E-state index in [1.54, 1.807) is 24.5 Å². The van der Waals surface area contributed by atoms with E-state index in [0.717, 1.165) is 35.1 Å². The predicted molar refractivity (Wildman–Crippen MR) is 204 cm³/mol. The van der Waals surface area contributed by atoms with Crippen LogP contribution in [-0.4, -0.2) is 83.2 Å². The molecule has 286 valence electrons. The van der Waals surface area contributed by atoms with Gasteiger partial charge in [0.2, 0.25) is 27.7 Å². The molecule has 1 saturated heterocycles. The first-order valence-corrected chi connectivity index (χ1v) is 20.6. The highest BCUT2D eigenvalue weighted by Gasteiger charge is 2.62. The number of rotatable bonds is 8. The van der Waals surface area contributed by atoms with Gasteiger partial charge in [-0.1, -0.05) is 84.7 Å². The third kappa shape index (κ3) is 7.64. The van der Waals surface area contributed by atoms with Gasteiger partial charge in [0.1, 0.15) is 29.4 Å². The summed E-state index contributed by atoms with van der Waals surface area (Å²) in [7, 11) is -3.88. The number of amides is 4. The molecule has 2 aromatic carbocycles. The van der Waals surface area contributed by atoms with Crippen molar-refractivity contribution in [3.05, 3.63) is 102 Å². The van der Waals surface area contributed by atoms with E-state index in [1.807, 2.05) is 60.7 Å². The fourth-order valence-electron chi connectivity index (χ4n) is 7.99. The van der Waals surface area contributed by atoms with Gasteiger partial charge < -0.3 is 20.4 Å². The minimum atomic E-state index is -3.88. The van der Waals surface area contributed by atoms with Crippen molar-refractivity contribution in [3.63, 3.8) is 0 Å². The average molecular weight is 765 g/mol. The van der Waals surface area contributed by atoms with Gasteiger partial charge in [0.15, 0.2) is 0 Å². The second kappa shape index (κ2) is 15.0. The average Bonchev–Trinajstić information content (AvgIpc) is 4.09. The van der Waals surface area contributed by atoms with Gasteiger partial charge in [-0.15, -0.1) is 0 Å². The monoisotopic (exact) mass is 764 g/mol. The maximum absolute atomic E-state index is 14.6. The number of benzene rings is 2. The Labute approximate surface area is 320 Å². The van der Waals surface area contributed by atoms with Crippen molar-refractivity contribution < 1.29 is 32.4 Å². The van der Waals surface area contributed by atoms with E-state index in [0.29, 0.717) is 43.4 Å². The Bertz CT molecular complexity index is 2120. The minimum Gasteiger partial charge on any atom is -0.390 e. The van der Waals surface area contributed by atoms with Gasteiger partial charge in [0.05, 0.1) is 18.2 Å². The van der Waals surface area contributed by atoms with Crippen molar-refractivity contribution in [3.8, 4) is 11.1 Å². The van der Waals surface area contributed by atoms with Crippen molar-refractivity contribution in [2.24, 2.45) is 11.1 Å². The highest BCUT2D eigenvalue weighted by Crippen LogP contribution is 2.46. The number of allylic oxidation sites excluding steroid dienone is 1. The minimum absolute atomic E-state index is 0.00452. The van der Waals surface area contributed by atoms with Crippen LogP contribution in [0.4, 0.5) is 0 Å². The molecule has 2 unspecified atom stereocenters. The van der Waals surface area contributed by atoms with E-state index in [1.165, 1.54) is 4.90 Å². The van der Waals surface area contributed by atoms with Gasteiger partial charge in [-0.2, -0.15) is 0 Å². The van der Waals surface area contributed by atoms with E-state index in [4.69, 9.17) is 4.84 Å². The van der Waals surface area contributed by atoms with Gasteiger partial charge >= 0.3 is 0 Å². The fraction of sp³-hybridized carbons (Fsp3) is 0.415. The number of sulfonamides is 1. The van der Waals surface area contributed by atoms with Crippen LogP contribution in [0.2, 0.25) is 0 Å².